The second kappa shape index (κ2) is 6.27. The van der Waals surface area contributed by atoms with Gasteiger partial charge in [-0.25, -0.2) is 0 Å². The molecule has 0 unspecified atom stereocenters. The molecule has 0 aliphatic carbocycles. The first-order valence-corrected chi connectivity index (χ1v) is 10.4. The number of benzene rings is 2. The number of carbonyl (C=O) groups excluding carboxylic acids is 1. The van der Waals surface area contributed by atoms with Crippen LogP contribution in [0.4, 0.5) is 0 Å². The number of primary amides is 1. The Morgan fingerprint density at radius 2 is 1.43 bits per heavy atom. The van der Waals surface area contributed by atoms with Gasteiger partial charge in [0.05, 0.1) is 8.07 Å². The van der Waals surface area contributed by atoms with E-state index in [0.29, 0.717) is 0 Å². The Balaban J connectivity index is 2.52. The van der Waals surface area contributed by atoms with E-state index in [1.165, 1.54) is 10.8 Å². The van der Waals surface area contributed by atoms with Gasteiger partial charge in [0.25, 0.3) is 0 Å². The predicted molar refractivity (Wildman–Crippen MR) is 91.1 cm³/mol. The topological polar surface area (TPSA) is 43.1 Å². The Kier molecular flexibility index (Phi) is 4.63. The van der Waals surface area contributed by atoms with Gasteiger partial charge in [0.2, 0.25) is 5.91 Å². The van der Waals surface area contributed by atoms with Gasteiger partial charge >= 0.3 is 0 Å². The van der Waals surface area contributed by atoms with Crippen LogP contribution in [0, 0.1) is 5.92 Å². The molecule has 2 aromatic rings. The molecule has 2 N–H and O–H groups in total. The van der Waals surface area contributed by atoms with Crippen LogP contribution in [0.3, 0.4) is 0 Å². The maximum absolute atomic E-state index is 11.8. The standard InChI is InChI=1S/C18H23NOSi/c1-14(18(19)20)17(15-10-6-4-7-11-15)21(2,3)16-12-8-5-9-13-16/h4-14,17H,1-3H3,(H2,19,20)/t14-,17-/m0/s1. The lowest BCUT2D eigenvalue weighted by molar-refractivity contribution is -0.121. The van der Waals surface area contributed by atoms with Gasteiger partial charge in [-0.1, -0.05) is 85.9 Å². The summed E-state index contributed by atoms with van der Waals surface area (Å²) in [5.41, 5.74) is 7.02. The molecule has 0 fully saturated rings. The average molecular weight is 297 g/mol. The average Bonchev–Trinajstić information content (AvgIpc) is 2.49. The molecular formula is C18H23NOSi. The monoisotopic (exact) mass is 297 g/mol. The van der Waals surface area contributed by atoms with Crippen molar-refractivity contribution in [3.05, 3.63) is 66.2 Å². The SMILES string of the molecule is C[C@H](C(N)=O)[C@@H](c1ccccc1)[Si](C)(C)c1ccccc1. The highest BCUT2D eigenvalue weighted by Crippen LogP contribution is 2.33. The summed E-state index contributed by atoms with van der Waals surface area (Å²) in [7, 11) is -1.88. The van der Waals surface area contributed by atoms with Gasteiger partial charge in [-0.15, -0.1) is 0 Å². The Hall–Kier alpha value is -1.87. The van der Waals surface area contributed by atoms with Crippen LogP contribution in [0.25, 0.3) is 0 Å². The van der Waals surface area contributed by atoms with Crippen molar-refractivity contribution < 1.29 is 4.79 Å². The fourth-order valence-electron chi connectivity index (χ4n) is 3.20. The summed E-state index contributed by atoms with van der Waals surface area (Å²) in [6.07, 6.45) is 0. The highest BCUT2D eigenvalue weighted by atomic mass is 28.3. The molecule has 2 nitrogen and oxygen atoms in total. The number of rotatable bonds is 5. The molecule has 2 aromatic carbocycles. The van der Waals surface area contributed by atoms with Gasteiger partial charge in [-0.2, -0.15) is 0 Å². The van der Waals surface area contributed by atoms with Gasteiger partial charge in [-0.05, 0) is 11.1 Å². The number of hydrogen-bond donors (Lipinski definition) is 1. The summed E-state index contributed by atoms with van der Waals surface area (Å²) in [5, 5.41) is 1.35. The Labute approximate surface area is 128 Å². The zero-order valence-electron chi connectivity index (χ0n) is 12.9. The summed E-state index contributed by atoms with van der Waals surface area (Å²) in [5.74, 6) is -0.394. The van der Waals surface area contributed by atoms with Crippen LogP contribution in [0.1, 0.15) is 18.0 Å². The zero-order valence-corrected chi connectivity index (χ0v) is 13.9. The smallest absolute Gasteiger partial charge is 0.220 e. The minimum Gasteiger partial charge on any atom is -0.369 e. The Morgan fingerprint density at radius 3 is 1.90 bits per heavy atom. The van der Waals surface area contributed by atoms with E-state index in [1.54, 1.807) is 0 Å². The van der Waals surface area contributed by atoms with Gasteiger partial charge in [0.1, 0.15) is 0 Å². The lowest BCUT2D eigenvalue weighted by Crippen LogP contribution is -2.51. The molecule has 0 aromatic heterocycles. The van der Waals surface area contributed by atoms with Crippen LogP contribution in [0.15, 0.2) is 60.7 Å². The Bertz CT molecular complexity index is 595. The van der Waals surface area contributed by atoms with Crippen molar-refractivity contribution in [2.24, 2.45) is 11.7 Å². The van der Waals surface area contributed by atoms with Crippen molar-refractivity contribution in [2.45, 2.75) is 25.6 Å². The Morgan fingerprint density at radius 1 is 0.952 bits per heavy atom. The molecule has 0 aliphatic heterocycles. The summed E-state index contributed by atoms with van der Waals surface area (Å²) in [6, 6.07) is 20.8. The predicted octanol–water partition coefficient (Wildman–Crippen LogP) is 3.05. The number of amides is 1. The summed E-state index contributed by atoms with van der Waals surface area (Å²) in [4.78, 5) is 11.8. The molecule has 0 aliphatic rings. The van der Waals surface area contributed by atoms with Gasteiger partial charge in [-0.3, -0.25) is 4.79 Å². The van der Waals surface area contributed by atoms with Crippen molar-refractivity contribution in [1.29, 1.82) is 0 Å². The molecule has 1 amide bonds. The molecular weight excluding hydrogens is 274 g/mol. The lowest BCUT2D eigenvalue weighted by Gasteiger charge is -2.36. The minimum absolute atomic E-state index is 0.172. The molecule has 110 valence electrons. The number of carbonyl (C=O) groups is 1. The van der Waals surface area contributed by atoms with Crippen LogP contribution in [0.5, 0.6) is 0 Å². The third-order valence-electron chi connectivity index (χ3n) is 4.40. The summed E-state index contributed by atoms with van der Waals surface area (Å²) < 4.78 is 0. The van der Waals surface area contributed by atoms with E-state index in [9.17, 15) is 4.79 Å². The van der Waals surface area contributed by atoms with E-state index in [2.05, 4.69) is 49.5 Å². The van der Waals surface area contributed by atoms with Crippen molar-refractivity contribution in [3.63, 3.8) is 0 Å². The van der Waals surface area contributed by atoms with Gasteiger partial charge in [0.15, 0.2) is 0 Å². The van der Waals surface area contributed by atoms with Crippen molar-refractivity contribution in [2.75, 3.05) is 0 Å². The fraction of sp³-hybridized carbons (Fsp3) is 0.278. The van der Waals surface area contributed by atoms with E-state index in [0.717, 1.165) is 0 Å². The van der Waals surface area contributed by atoms with E-state index in [-0.39, 0.29) is 17.4 Å². The molecule has 3 heteroatoms. The molecule has 21 heavy (non-hydrogen) atoms. The first-order chi connectivity index (χ1) is 9.94. The summed E-state index contributed by atoms with van der Waals surface area (Å²) in [6.45, 7) is 6.59. The highest BCUT2D eigenvalue weighted by Gasteiger charge is 2.40. The number of hydrogen-bond acceptors (Lipinski definition) is 1. The quantitative estimate of drug-likeness (QED) is 0.847. The third-order valence-corrected chi connectivity index (χ3v) is 8.61. The van der Waals surface area contributed by atoms with Gasteiger partial charge in [0, 0.05) is 5.92 Å². The molecule has 0 saturated heterocycles. The van der Waals surface area contributed by atoms with E-state index in [1.807, 2.05) is 31.2 Å². The normalized spacial score (nSPS) is 14.4. The van der Waals surface area contributed by atoms with Crippen molar-refractivity contribution in [1.82, 2.24) is 0 Å². The number of nitrogens with two attached hydrogens (primary N) is 1. The van der Waals surface area contributed by atoms with Crippen LogP contribution < -0.4 is 10.9 Å². The van der Waals surface area contributed by atoms with E-state index in [4.69, 9.17) is 5.73 Å². The van der Waals surface area contributed by atoms with Crippen LogP contribution in [-0.2, 0) is 4.79 Å². The first-order valence-electron chi connectivity index (χ1n) is 7.34. The molecule has 2 rings (SSSR count). The van der Waals surface area contributed by atoms with Crippen LogP contribution in [-0.4, -0.2) is 14.0 Å². The maximum Gasteiger partial charge on any atom is 0.220 e. The second-order valence-electron chi connectivity index (χ2n) is 6.17. The fourth-order valence-corrected chi connectivity index (χ4v) is 7.05. The van der Waals surface area contributed by atoms with E-state index >= 15 is 0 Å². The summed E-state index contributed by atoms with van der Waals surface area (Å²) >= 11 is 0. The molecule has 0 spiro atoms. The third kappa shape index (κ3) is 3.24. The molecule has 0 bridgehead atoms. The van der Waals surface area contributed by atoms with Crippen LogP contribution in [0.2, 0.25) is 13.1 Å². The second-order valence-corrected chi connectivity index (χ2v) is 10.8. The van der Waals surface area contributed by atoms with E-state index < -0.39 is 8.07 Å². The van der Waals surface area contributed by atoms with Crippen LogP contribution >= 0.6 is 0 Å². The van der Waals surface area contributed by atoms with Crippen molar-refractivity contribution in [3.8, 4) is 0 Å². The lowest BCUT2D eigenvalue weighted by atomic mass is 10.00. The molecule has 2 atom stereocenters. The van der Waals surface area contributed by atoms with Crippen molar-refractivity contribution >= 4 is 19.2 Å². The molecule has 0 radical (unpaired) electrons. The largest absolute Gasteiger partial charge is 0.369 e. The maximum atomic E-state index is 11.8. The van der Waals surface area contributed by atoms with Gasteiger partial charge < -0.3 is 5.73 Å². The first kappa shape index (κ1) is 15.5. The molecule has 0 heterocycles. The molecule has 0 saturated carbocycles. The minimum atomic E-state index is -1.88. The zero-order chi connectivity index (χ0) is 15.5. The highest BCUT2D eigenvalue weighted by molar-refractivity contribution is 6.91.